The first-order valence-electron chi connectivity index (χ1n) is 7.42. The molecule has 4 nitrogen and oxygen atoms in total. The molecule has 0 spiro atoms. The lowest BCUT2D eigenvalue weighted by Crippen LogP contribution is -2.30. The van der Waals surface area contributed by atoms with E-state index < -0.39 is 0 Å². The number of aromatic amines is 1. The van der Waals surface area contributed by atoms with Crippen molar-refractivity contribution in [1.82, 2.24) is 14.9 Å². The highest BCUT2D eigenvalue weighted by Gasteiger charge is 2.12. The van der Waals surface area contributed by atoms with E-state index in [1.54, 1.807) is 17.3 Å². The first kappa shape index (κ1) is 14.3. The van der Waals surface area contributed by atoms with E-state index in [4.69, 9.17) is 0 Å². The second-order valence-corrected chi connectivity index (χ2v) is 5.46. The van der Waals surface area contributed by atoms with Gasteiger partial charge < -0.3 is 9.88 Å². The summed E-state index contributed by atoms with van der Waals surface area (Å²) in [6.07, 6.45) is 6.76. The van der Waals surface area contributed by atoms with Crippen molar-refractivity contribution in [2.45, 2.75) is 12.8 Å². The highest BCUT2D eigenvalue weighted by Crippen LogP contribution is 2.18. The van der Waals surface area contributed by atoms with Gasteiger partial charge in [-0.3, -0.25) is 9.78 Å². The van der Waals surface area contributed by atoms with Crippen LogP contribution in [-0.4, -0.2) is 34.4 Å². The van der Waals surface area contributed by atoms with Gasteiger partial charge in [0.2, 0.25) is 5.91 Å². The lowest BCUT2D eigenvalue weighted by Gasteiger charge is -2.17. The number of nitrogens with zero attached hydrogens (tertiary/aromatic N) is 2. The number of rotatable bonds is 5. The molecule has 2 heterocycles. The van der Waals surface area contributed by atoms with Gasteiger partial charge in [0.05, 0.1) is 6.42 Å². The number of nitrogens with one attached hydrogen (secondary N) is 1. The number of para-hydroxylation sites is 1. The minimum atomic E-state index is 0.138. The highest BCUT2D eigenvalue weighted by atomic mass is 16.2. The van der Waals surface area contributed by atoms with Gasteiger partial charge >= 0.3 is 0 Å². The zero-order valence-electron chi connectivity index (χ0n) is 12.6. The normalized spacial score (nSPS) is 10.8. The summed E-state index contributed by atoms with van der Waals surface area (Å²) in [6, 6.07) is 12.0. The third-order valence-corrected chi connectivity index (χ3v) is 3.93. The molecule has 0 unspecified atom stereocenters. The maximum Gasteiger partial charge on any atom is 0.226 e. The summed E-state index contributed by atoms with van der Waals surface area (Å²) in [6.45, 7) is 0.713. The van der Waals surface area contributed by atoms with E-state index in [-0.39, 0.29) is 5.91 Å². The molecule has 0 aliphatic heterocycles. The Morgan fingerprint density at radius 2 is 1.95 bits per heavy atom. The van der Waals surface area contributed by atoms with Crippen molar-refractivity contribution in [2.24, 2.45) is 0 Å². The maximum atomic E-state index is 12.4. The molecular weight excluding hydrogens is 274 g/mol. The van der Waals surface area contributed by atoms with Crippen LogP contribution in [0.2, 0.25) is 0 Å². The Balaban J connectivity index is 1.61. The van der Waals surface area contributed by atoms with E-state index in [2.05, 4.69) is 9.97 Å². The summed E-state index contributed by atoms with van der Waals surface area (Å²) in [5.74, 6) is 0.138. The van der Waals surface area contributed by atoms with Crippen molar-refractivity contribution in [3.8, 4) is 0 Å². The molecule has 0 radical (unpaired) electrons. The first-order valence-corrected chi connectivity index (χ1v) is 7.42. The van der Waals surface area contributed by atoms with Gasteiger partial charge in [0.15, 0.2) is 0 Å². The molecule has 3 aromatic rings. The van der Waals surface area contributed by atoms with Gasteiger partial charge in [-0.15, -0.1) is 0 Å². The summed E-state index contributed by atoms with van der Waals surface area (Å²) in [7, 11) is 1.86. The third-order valence-electron chi connectivity index (χ3n) is 3.93. The van der Waals surface area contributed by atoms with Gasteiger partial charge in [0, 0.05) is 43.1 Å². The maximum absolute atomic E-state index is 12.4. The number of amides is 1. The number of aromatic nitrogens is 2. The molecule has 0 saturated carbocycles. The molecule has 3 rings (SSSR count). The Morgan fingerprint density at radius 1 is 1.18 bits per heavy atom. The van der Waals surface area contributed by atoms with E-state index in [9.17, 15) is 4.79 Å². The lowest BCUT2D eigenvalue weighted by atomic mass is 10.1. The molecule has 1 aromatic carbocycles. The fourth-order valence-corrected chi connectivity index (χ4v) is 2.55. The zero-order chi connectivity index (χ0) is 15.4. The van der Waals surface area contributed by atoms with Crippen LogP contribution in [0.4, 0.5) is 0 Å². The molecule has 112 valence electrons. The van der Waals surface area contributed by atoms with Crippen LogP contribution >= 0.6 is 0 Å². The number of pyridine rings is 1. The van der Waals surface area contributed by atoms with Crippen LogP contribution in [0.15, 0.2) is 55.0 Å². The largest absolute Gasteiger partial charge is 0.361 e. The lowest BCUT2D eigenvalue weighted by molar-refractivity contribution is -0.129. The molecule has 0 bridgehead atoms. The predicted octanol–water partition coefficient (Wildman–Crippen LogP) is 2.81. The molecule has 2 aromatic heterocycles. The summed E-state index contributed by atoms with van der Waals surface area (Å²) in [4.78, 5) is 21.4. The second-order valence-electron chi connectivity index (χ2n) is 5.46. The van der Waals surface area contributed by atoms with E-state index in [0.29, 0.717) is 13.0 Å². The van der Waals surface area contributed by atoms with E-state index in [1.807, 2.05) is 49.6 Å². The van der Waals surface area contributed by atoms with Crippen molar-refractivity contribution >= 4 is 16.8 Å². The van der Waals surface area contributed by atoms with E-state index in [0.717, 1.165) is 22.9 Å². The Kier molecular flexibility index (Phi) is 4.19. The van der Waals surface area contributed by atoms with Gasteiger partial charge in [-0.1, -0.05) is 18.2 Å². The number of hydrogen-bond donors (Lipinski definition) is 1. The van der Waals surface area contributed by atoms with Crippen molar-refractivity contribution in [3.63, 3.8) is 0 Å². The Labute approximate surface area is 129 Å². The number of likely N-dealkylation sites (N-methyl/N-ethyl adjacent to an activating group) is 1. The Morgan fingerprint density at radius 3 is 2.77 bits per heavy atom. The molecular formula is C18H19N3O. The number of hydrogen-bond acceptors (Lipinski definition) is 2. The first-order chi connectivity index (χ1) is 10.7. The van der Waals surface area contributed by atoms with Crippen LogP contribution in [0.25, 0.3) is 10.9 Å². The second kappa shape index (κ2) is 6.43. The molecule has 0 aliphatic rings. The molecule has 0 aliphatic carbocycles. The van der Waals surface area contributed by atoms with Crippen LogP contribution in [0.1, 0.15) is 11.1 Å². The van der Waals surface area contributed by atoms with Crippen molar-refractivity contribution in [2.75, 3.05) is 13.6 Å². The minimum Gasteiger partial charge on any atom is -0.361 e. The molecule has 1 N–H and O–H groups in total. The Bertz CT molecular complexity index is 764. The van der Waals surface area contributed by atoms with E-state index >= 15 is 0 Å². The van der Waals surface area contributed by atoms with Crippen LogP contribution in [-0.2, 0) is 17.6 Å². The van der Waals surface area contributed by atoms with E-state index in [1.165, 1.54) is 5.56 Å². The monoisotopic (exact) mass is 293 g/mol. The van der Waals surface area contributed by atoms with Gasteiger partial charge in [-0.05, 0) is 35.7 Å². The van der Waals surface area contributed by atoms with Gasteiger partial charge in [-0.2, -0.15) is 0 Å². The third kappa shape index (κ3) is 3.17. The fourth-order valence-electron chi connectivity index (χ4n) is 2.55. The van der Waals surface area contributed by atoms with Crippen LogP contribution in [0.5, 0.6) is 0 Å². The van der Waals surface area contributed by atoms with Crippen molar-refractivity contribution in [1.29, 1.82) is 0 Å². The van der Waals surface area contributed by atoms with Crippen LogP contribution < -0.4 is 0 Å². The molecule has 0 fully saturated rings. The molecule has 0 saturated heterocycles. The average molecular weight is 293 g/mol. The smallest absolute Gasteiger partial charge is 0.226 e. The standard InChI is InChI=1S/C18H19N3O/c1-21(11-8-14-6-9-19-10-7-14)18(22)12-15-13-20-17-5-3-2-4-16(15)17/h2-7,9-10,13,20H,8,11-12H2,1H3. The molecule has 4 heteroatoms. The summed E-state index contributed by atoms with van der Waals surface area (Å²) < 4.78 is 0. The number of carbonyl (C=O) groups is 1. The van der Waals surface area contributed by atoms with Crippen molar-refractivity contribution < 1.29 is 4.79 Å². The van der Waals surface area contributed by atoms with Gasteiger partial charge in [0.1, 0.15) is 0 Å². The summed E-state index contributed by atoms with van der Waals surface area (Å²) >= 11 is 0. The predicted molar refractivity (Wildman–Crippen MR) is 87.6 cm³/mol. The topological polar surface area (TPSA) is 49.0 Å². The zero-order valence-corrected chi connectivity index (χ0v) is 12.6. The SMILES string of the molecule is CN(CCc1ccncc1)C(=O)Cc1c[nH]c2ccccc12. The van der Waals surface area contributed by atoms with Crippen molar-refractivity contribution in [3.05, 3.63) is 66.1 Å². The van der Waals surface area contributed by atoms with Gasteiger partial charge in [0.25, 0.3) is 0 Å². The number of benzene rings is 1. The molecule has 0 atom stereocenters. The number of fused-ring (bicyclic) bond motifs is 1. The number of carbonyl (C=O) groups excluding carboxylic acids is 1. The van der Waals surface area contributed by atoms with Crippen LogP contribution in [0.3, 0.4) is 0 Å². The highest BCUT2D eigenvalue weighted by molar-refractivity contribution is 5.88. The van der Waals surface area contributed by atoms with Crippen LogP contribution in [0, 0.1) is 0 Å². The molecule has 1 amide bonds. The number of H-pyrrole nitrogens is 1. The average Bonchev–Trinajstić information content (AvgIpc) is 2.97. The molecule has 22 heavy (non-hydrogen) atoms. The quantitative estimate of drug-likeness (QED) is 0.786. The minimum absolute atomic E-state index is 0.138. The van der Waals surface area contributed by atoms with Gasteiger partial charge in [-0.25, -0.2) is 0 Å². The Hall–Kier alpha value is -2.62. The fraction of sp³-hybridized carbons (Fsp3) is 0.222. The summed E-state index contributed by atoms with van der Waals surface area (Å²) in [5, 5.41) is 1.12. The summed E-state index contributed by atoms with van der Waals surface area (Å²) in [5.41, 5.74) is 3.32.